The van der Waals surface area contributed by atoms with Crippen LogP contribution in [0, 0.1) is 6.92 Å². The van der Waals surface area contributed by atoms with Crippen molar-refractivity contribution in [2.24, 2.45) is 0 Å². The standard InChI is InChI=1S/C21H18Cl2N2O3S/c1-14-10-12-15(13-11-14)29(27,28)25(2)19-9-4-3-6-16(19)21(26)24-18-8-5-7-17(22)20(18)23/h3-13H,1-2H3,(H,24,26). The molecule has 0 fully saturated rings. The third-order valence-corrected chi connectivity index (χ3v) is 6.97. The molecule has 0 unspecified atom stereocenters. The number of hydrogen-bond acceptors (Lipinski definition) is 3. The fourth-order valence-corrected chi connectivity index (χ4v) is 4.29. The molecular weight excluding hydrogens is 431 g/mol. The van der Waals surface area contributed by atoms with Crippen LogP contribution in [0.5, 0.6) is 0 Å². The molecule has 0 aliphatic carbocycles. The van der Waals surface area contributed by atoms with Crippen molar-refractivity contribution in [2.45, 2.75) is 11.8 Å². The smallest absolute Gasteiger partial charge is 0.264 e. The third kappa shape index (κ3) is 4.40. The van der Waals surface area contributed by atoms with E-state index in [2.05, 4.69) is 5.32 Å². The van der Waals surface area contributed by atoms with E-state index in [1.54, 1.807) is 54.6 Å². The molecule has 0 atom stereocenters. The average Bonchev–Trinajstić information content (AvgIpc) is 2.71. The van der Waals surface area contributed by atoms with Crippen molar-refractivity contribution in [3.8, 4) is 0 Å². The maximum atomic E-state index is 13.0. The molecule has 0 saturated heterocycles. The molecule has 0 aliphatic heterocycles. The number of nitrogens with one attached hydrogen (secondary N) is 1. The van der Waals surface area contributed by atoms with Gasteiger partial charge in [0.2, 0.25) is 0 Å². The molecule has 0 saturated carbocycles. The molecule has 1 N–H and O–H groups in total. The van der Waals surface area contributed by atoms with Gasteiger partial charge in [0.1, 0.15) is 0 Å². The number of amides is 1. The van der Waals surface area contributed by atoms with E-state index in [1.165, 1.54) is 19.2 Å². The van der Waals surface area contributed by atoms with Gasteiger partial charge < -0.3 is 5.32 Å². The second kappa shape index (κ2) is 8.45. The predicted molar refractivity (Wildman–Crippen MR) is 118 cm³/mol. The minimum absolute atomic E-state index is 0.138. The first kappa shape index (κ1) is 21.2. The summed E-state index contributed by atoms with van der Waals surface area (Å²) < 4.78 is 27.2. The monoisotopic (exact) mass is 448 g/mol. The van der Waals surface area contributed by atoms with Crippen LogP contribution < -0.4 is 9.62 Å². The Bertz CT molecular complexity index is 1160. The van der Waals surface area contributed by atoms with Gasteiger partial charge in [0, 0.05) is 7.05 Å². The molecule has 5 nitrogen and oxygen atoms in total. The Balaban J connectivity index is 1.97. The number of nitrogens with zero attached hydrogens (tertiary/aromatic N) is 1. The zero-order valence-electron chi connectivity index (χ0n) is 15.7. The summed E-state index contributed by atoms with van der Waals surface area (Å²) in [7, 11) is -2.44. The lowest BCUT2D eigenvalue weighted by atomic mass is 10.1. The van der Waals surface area contributed by atoms with E-state index >= 15 is 0 Å². The SMILES string of the molecule is Cc1ccc(S(=O)(=O)N(C)c2ccccc2C(=O)Nc2cccc(Cl)c2Cl)cc1. The molecule has 3 aromatic carbocycles. The highest BCUT2D eigenvalue weighted by atomic mass is 35.5. The lowest BCUT2D eigenvalue weighted by molar-refractivity contribution is 0.102. The molecule has 29 heavy (non-hydrogen) atoms. The normalized spacial score (nSPS) is 11.2. The molecule has 8 heteroatoms. The topological polar surface area (TPSA) is 66.5 Å². The van der Waals surface area contributed by atoms with Gasteiger partial charge in [-0.3, -0.25) is 9.10 Å². The Hall–Kier alpha value is -2.54. The van der Waals surface area contributed by atoms with Crippen LogP contribution in [0.4, 0.5) is 11.4 Å². The number of anilines is 2. The lowest BCUT2D eigenvalue weighted by Gasteiger charge is -2.22. The summed E-state index contributed by atoms with van der Waals surface area (Å²) in [6.45, 7) is 1.88. The van der Waals surface area contributed by atoms with E-state index in [0.29, 0.717) is 10.7 Å². The number of para-hydroxylation sites is 1. The van der Waals surface area contributed by atoms with Gasteiger partial charge in [-0.2, -0.15) is 0 Å². The maximum absolute atomic E-state index is 13.0. The van der Waals surface area contributed by atoms with E-state index in [4.69, 9.17) is 23.2 Å². The number of hydrogen-bond donors (Lipinski definition) is 1. The average molecular weight is 449 g/mol. The van der Waals surface area contributed by atoms with Crippen LogP contribution in [-0.4, -0.2) is 21.4 Å². The number of carbonyl (C=O) groups is 1. The molecule has 0 bridgehead atoms. The first-order valence-electron chi connectivity index (χ1n) is 8.62. The Morgan fingerprint density at radius 3 is 2.28 bits per heavy atom. The summed E-state index contributed by atoms with van der Waals surface area (Å²) in [5.74, 6) is -0.504. The second-order valence-corrected chi connectivity index (χ2v) is 9.11. The molecule has 0 aliphatic rings. The summed E-state index contributed by atoms with van der Waals surface area (Å²) in [5, 5.41) is 3.20. The van der Waals surface area contributed by atoms with Crippen LogP contribution in [0.25, 0.3) is 0 Å². The van der Waals surface area contributed by atoms with E-state index in [-0.39, 0.29) is 21.2 Å². The van der Waals surface area contributed by atoms with Gasteiger partial charge in [0.25, 0.3) is 15.9 Å². The van der Waals surface area contributed by atoms with Gasteiger partial charge >= 0.3 is 0 Å². The van der Waals surface area contributed by atoms with Gasteiger partial charge in [-0.25, -0.2) is 8.42 Å². The van der Waals surface area contributed by atoms with E-state index < -0.39 is 15.9 Å². The van der Waals surface area contributed by atoms with Crippen molar-refractivity contribution in [1.29, 1.82) is 0 Å². The Labute approximate surface area is 179 Å². The Kier molecular flexibility index (Phi) is 6.17. The maximum Gasteiger partial charge on any atom is 0.264 e. The van der Waals surface area contributed by atoms with E-state index in [1.807, 2.05) is 6.92 Å². The molecule has 1 amide bonds. The fraction of sp³-hybridized carbons (Fsp3) is 0.0952. The van der Waals surface area contributed by atoms with Gasteiger partial charge in [-0.05, 0) is 43.3 Å². The minimum atomic E-state index is -3.85. The summed E-state index contributed by atoms with van der Waals surface area (Å²) in [4.78, 5) is 13.0. The number of rotatable bonds is 5. The van der Waals surface area contributed by atoms with Gasteiger partial charge in [-0.1, -0.05) is 59.1 Å². The lowest BCUT2D eigenvalue weighted by Crippen LogP contribution is -2.29. The fourth-order valence-electron chi connectivity index (χ4n) is 2.73. The molecule has 0 aromatic heterocycles. The summed E-state index contributed by atoms with van der Waals surface area (Å²) in [6.07, 6.45) is 0. The summed E-state index contributed by atoms with van der Waals surface area (Å²) in [5.41, 5.74) is 1.71. The van der Waals surface area contributed by atoms with Crippen molar-refractivity contribution in [2.75, 3.05) is 16.7 Å². The van der Waals surface area contributed by atoms with Crippen LogP contribution >= 0.6 is 23.2 Å². The quantitative estimate of drug-likeness (QED) is 0.569. The molecule has 3 aromatic rings. The largest absolute Gasteiger partial charge is 0.321 e. The number of aryl methyl sites for hydroxylation is 1. The molecule has 0 heterocycles. The zero-order valence-corrected chi connectivity index (χ0v) is 18.0. The van der Waals surface area contributed by atoms with Crippen LogP contribution in [0.1, 0.15) is 15.9 Å². The highest BCUT2D eigenvalue weighted by Crippen LogP contribution is 2.31. The number of carbonyl (C=O) groups excluding carboxylic acids is 1. The van der Waals surface area contributed by atoms with Crippen LogP contribution in [0.3, 0.4) is 0 Å². The first-order valence-corrected chi connectivity index (χ1v) is 10.8. The van der Waals surface area contributed by atoms with E-state index in [0.717, 1.165) is 9.87 Å². The Morgan fingerprint density at radius 1 is 0.931 bits per heavy atom. The molecular formula is C21H18Cl2N2O3S. The predicted octanol–water partition coefficient (Wildman–Crippen LogP) is 5.38. The van der Waals surface area contributed by atoms with Crippen LogP contribution in [0.15, 0.2) is 71.6 Å². The second-order valence-electron chi connectivity index (χ2n) is 6.36. The molecule has 3 rings (SSSR count). The van der Waals surface area contributed by atoms with Gasteiger partial charge in [0.05, 0.1) is 31.9 Å². The van der Waals surface area contributed by atoms with Crippen LogP contribution in [-0.2, 0) is 10.0 Å². The number of halogens is 2. The van der Waals surface area contributed by atoms with Gasteiger partial charge in [0.15, 0.2) is 0 Å². The highest BCUT2D eigenvalue weighted by molar-refractivity contribution is 7.92. The molecule has 0 spiro atoms. The van der Waals surface area contributed by atoms with Crippen molar-refractivity contribution in [3.05, 3.63) is 87.9 Å². The van der Waals surface area contributed by atoms with Crippen molar-refractivity contribution in [3.63, 3.8) is 0 Å². The van der Waals surface area contributed by atoms with Gasteiger partial charge in [-0.15, -0.1) is 0 Å². The van der Waals surface area contributed by atoms with Crippen molar-refractivity contribution >= 4 is 50.5 Å². The summed E-state index contributed by atoms with van der Waals surface area (Å²) >= 11 is 12.1. The van der Waals surface area contributed by atoms with Crippen LogP contribution in [0.2, 0.25) is 10.0 Å². The highest BCUT2D eigenvalue weighted by Gasteiger charge is 2.25. The van der Waals surface area contributed by atoms with Crippen molar-refractivity contribution in [1.82, 2.24) is 0 Å². The molecule has 150 valence electrons. The zero-order chi connectivity index (χ0) is 21.2. The number of sulfonamides is 1. The Morgan fingerprint density at radius 2 is 1.59 bits per heavy atom. The number of benzene rings is 3. The first-order chi connectivity index (χ1) is 13.7. The summed E-state index contributed by atoms with van der Waals surface area (Å²) in [6, 6.07) is 17.8. The van der Waals surface area contributed by atoms with E-state index in [9.17, 15) is 13.2 Å². The minimum Gasteiger partial charge on any atom is -0.321 e. The third-order valence-electron chi connectivity index (χ3n) is 4.37. The molecule has 0 radical (unpaired) electrons. The van der Waals surface area contributed by atoms with Crippen molar-refractivity contribution < 1.29 is 13.2 Å².